The molecule has 0 saturated carbocycles. The average Bonchev–Trinajstić information content (AvgIpc) is 3.57. The molecule has 0 aliphatic heterocycles. The molecular weight excluding hydrogens is 629 g/mol. The highest BCUT2D eigenvalue weighted by molar-refractivity contribution is 6.21. The molecule has 0 radical (unpaired) electrons. The third-order valence-electron chi connectivity index (χ3n) is 10.4. The zero-order valence-electron chi connectivity index (χ0n) is 28.5. The largest absolute Gasteiger partial charge is 0.310 e. The van der Waals surface area contributed by atoms with Crippen molar-refractivity contribution in [3.63, 3.8) is 0 Å². The lowest BCUT2D eigenvalue weighted by molar-refractivity contribution is 1.17. The maximum Gasteiger partial charge on any atom is 0.0547 e. The molecule has 0 atom stereocenters. The molecule has 0 unspecified atom stereocenters. The Kier molecular flexibility index (Phi) is 7.18. The second-order valence-corrected chi connectivity index (χ2v) is 13.4. The fraction of sp³-hybridized carbons (Fsp3) is 0. The van der Waals surface area contributed by atoms with Gasteiger partial charge in [0, 0.05) is 33.4 Å². The Labute approximate surface area is 303 Å². The first-order chi connectivity index (χ1) is 25.8. The molecule has 1 heterocycles. The van der Waals surface area contributed by atoms with Crippen LogP contribution in [0.25, 0.3) is 71.3 Å². The van der Waals surface area contributed by atoms with Crippen LogP contribution in [0.4, 0.5) is 17.1 Å². The van der Waals surface area contributed by atoms with Crippen LogP contribution in [-0.4, -0.2) is 4.57 Å². The Morgan fingerprint density at radius 1 is 0.346 bits per heavy atom. The Bertz CT molecular complexity index is 2880. The van der Waals surface area contributed by atoms with Gasteiger partial charge in [0.1, 0.15) is 0 Å². The van der Waals surface area contributed by atoms with Crippen LogP contribution in [0.1, 0.15) is 0 Å². The molecule has 244 valence electrons. The van der Waals surface area contributed by atoms with E-state index in [1.54, 1.807) is 0 Å². The van der Waals surface area contributed by atoms with Gasteiger partial charge in [-0.3, -0.25) is 0 Å². The topological polar surface area (TPSA) is 8.17 Å². The quantitative estimate of drug-likeness (QED) is 0.172. The highest BCUT2D eigenvalue weighted by Gasteiger charge is 2.19. The monoisotopic (exact) mass is 662 g/mol. The molecule has 0 saturated heterocycles. The van der Waals surface area contributed by atoms with Crippen LogP contribution in [0.15, 0.2) is 206 Å². The first-order valence-electron chi connectivity index (χ1n) is 17.9. The smallest absolute Gasteiger partial charge is 0.0547 e. The maximum absolute atomic E-state index is 2.40. The van der Waals surface area contributed by atoms with E-state index >= 15 is 0 Å². The van der Waals surface area contributed by atoms with E-state index in [0.29, 0.717) is 0 Å². The molecule has 10 rings (SSSR count). The van der Waals surface area contributed by atoms with Crippen molar-refractivity contribution in [2.75, 3.05) is 4.90 Å². The summed E-state index contributed by atoms with van der Waals surface area (Å²) < 4.78 is 2.40. The van der Waals surface area contributed by atoms with Gasteiger partial charge in [-0.05, 0) is 98.9 Å². The summed E-state index contributed by atoms with van der Waals surface area (Å²) in [6.07, 6.45) is 0. The molecule has 0 aliphatic rings. The molecule has 0 bridgehead atoms. The summed E-state index contributed by atoms with van der Waals surface area (Å²) in [5, 5.41) is 7.60. The van der Waals surface area contributed by atoms with E-state index < -0.39 is 0 Å². The van der Waals surface area contributed by atoms with Crippen LogP contribution in [0, 0.1) is 0 Å². The number of rotatable bonds is 6. The number of hydrogen-bond donors (Lipinski definition) is 0. The summed E-state index contributed by atoms with van der Waals surface area (Å²) in [6, 6.07) is 74.6. The average molecular weight is 663 g/mol. The molecule has 10 aromatic rings. The van der Waals surface area contributed by atoms with E-state index in [2.05, 4.69) is 216 Å². The van der Waals surface area contributed by atoms with Gasteiger partial charge in [-0.25, -0.2) is 0 Å². The van der Waals surface area contributed by atoms with Crippen LogP contribution in [0.3, 0.4) is 0 Å². The maximum atomic E-state index is 2.40. The second-order valence-electron chi connectivity index (χ2n) is 13.4. The van der Waals surface area contributed by atoms with Gasteiger partial charge in [0.15, 0.2) is 0 Å². The highest BCUT2D eigenvalue weighted by Crippen LogP contribution is 2.42. The van der Waals surface area contributed by atoms with Crippen molar-refractivity contribution in [1.29, 1.82) is 0 Å². The summed E-state index contributed by atoms with van der Waals surface area (Å²) in [7, 11) is 0. The molecule has 0 fully saturated rings. The normalized spacial score (nSPS) is 11.5. The molecule has 9 aromatic carbocycles. The van der Waals surface area contributed by atoms with Gasteiger partial charge < -0.3 is 9.47 Å². The fourth-order valence-corrected chi connectivity index (χ4v) is 7.90. The Hall–Kier alpha value is -6.90. The lowest BCUT2D eigenvalue weighted by Crippen LogP contribution is -2.11. The predicted octanol–water partition coefficient (Wildman–Crippen LogP) is 13.9. The zero-order chi connectivity index (χ0) is 34.4. The lowest BCUT2D eigenvalue weighted by Gasteiger charge is -2.28. The van der Waals surface area contributed by atoms with Crippen molar-refractivity contribution in [3.05, 3.63) is 206 Å². The standard InChI is InChI=1S/C50H34N2/c1-2-13-37(14-3-1)44-17-8-10-20-47(44)51(41-27-24-36(25-28-41)40-23-22-35-12-4-5-16-39(35)34-40)42-29-31-43(32-30-42)52-48-21-11-9-19-46(48)50-45-18-7-6-15-38(45)26-33-49(50)52/h1-34H. The van der Waals surface area contributed by atoms with Crippen LogP contribution in [0.2, 0.25) is 0 Å². The van der Waals surface area contributed by atoms with Gasteiger partial charge in [-0.15, -0.1) is 0 Å². The van der Waals surface area contributed by atoms with Gasteiger partial charge in [0.2, 0.25) is 0 Å². The summed E-state index contributed by atoms with van der Waals surface area (Å²) in [4.78, 5) is 2.38. The first-order valence-corrected chi connectivity index (χ1v) is 17.9. The minimum Gasteiger partial charge on any atom is -0.310 e. The Balaban J connectivity index is 1.11. The van der Waals surface area contributed by atoms with Crippen molar-refractivity contribution >= 4 is 60.4 Å². The summed E-state index contributed by atoms with van der Waals surface area (Å²) in [5.41, 5.74) is 11.6. The number of benzene rings is 9. The van der Waals surface area contributed by atoms with Gasteiger partial charge in [-0.2, -0.15) is 0 Å². The first kappa shape index (κ1) is 30.0. The minimum atomic E-state index is 1.09. The van der Waals surface area contributed by atoms with Crippen LogP contribution in [-0.2, 0) is 0 Å². The van der Waals surface area contributed by atoms with Gasteiger partial charge in [0.25, 0.3) is 0 Å². The van der Waals surface area contributed by atoms with E-state index in [0.717, 1.165) is 22.7 Å². The molecular formula is C50H34N2. The number of hydrogen-bond acceptors (Lipinski definition) is 1. The van der Waals surface area contributed by atoms with Crippen molar-refractivity contribution in [2.24, 2.45) is 0 Å². The highest BCUT2D eigenvalue weighted by atomic mass is 15.1. The molecule has 52 heavy (non-hydrogen) atoms. The lowest BCUT2D eigenvalue weighted by atomic mass is 10.00. The predicted molar refractivity (Wildman–Crippen MR) is 221 cm³/mol. The molecule has 0 spiro atoms. The van der Waals surface area contributed by atoms with Crippen LogP contribution >= 0.6 is 0 Å². The molecule has 1 aromatic heterocycles. The summed E-state index contributed by atoms with van der Waals surface area (Å²) >= 11 is 0. The van der Waals surface area contributed by atoms with Crippen molar-refractivity contribution in [2.45, 2.75) is 0 Å². The number of aromatic nitrogens is 1. The van der Waals surface area contributed by atoms with E-state index in [1.165, 1.54) is 65.6 Å². The Morgan fingerprint density at radius 3 is 1.75 bits per heavy atom. The number of fused-ring (bicyclic) bond motifs is 6. The SMILES string of the molecule is c1ccc(-c2ccccc2N(c2ccc(-c3ccc4ccccc4c3)cc2)c2ccc(-n3c4ccccc4c4c5ccccc5ccc43)cc2)cc1. The number of anilines is 3. The van der Waals surface area contributed by atoms with Gasteiger partial charge >= 0.3 is 0 Å². The zero-order valence-corrected chi connectivity index (χ0v) is 28.5. The number of para-hydroxylation sites is 2. The van der Waals surface area contributed by atoms with Crippen LogP contribution in [0.5, 0.6) is 0 Å². The summed E-state index contributed by atoms with van der Waals surface area (Å²) in [5.74, 6) is 0. The van der Waals surface area contributed by atoms with Crippen LogP contribution < -0.4 is 4.90 Å². The van der Waals surface area contributed by atoms with Crippen molar-refractivity contribution in [3.8, 4) is 27.9 Å². The molecule has 0 amide bonds. The third kappa shape index (κ3) is 5.04. The third-order valence-corrected chi connectivity index (χ3v) is 10.4. The van der Waals surface area contributed by atoms with E-state index in [-0.39, 0.29) is 0 Å². The minimum absolute atomic E-state index is 1.09. The van der Waals surface area contributed by atoms with Gasteiger partial charge in [0.05, 0.1) is 16.7 Å². The van der Waals surface area contributed by atoms with Gasteiger partial charge in [-0.1, -0.05) is 146 Å². The number of nitrogens with zero attached hydrogens (tertiary/aromatic N) is 2. The van der Waals surface area contributed by atoms with Crippen molar-refractivity contribution < 1.29 is 0 Å². The van der Waals surface area contributed by atoms with E-state index in [9.17, 15) is 0 Å². The molecule has 0 N–H and O–H groups in total. The second kappa shape index (κ2) is 12.5. The molecule has 2 nitrogen and oxygen atoms in total. The molecule has 2 heteroatoms. The van der Waals surface area contributed by atoms with E-state index in [4.69, 9.17) is 0 Å². The fourth-order valence-electron chi connectivity index (χ4n) is 7.90. The summed E-state index contributed by atoms with van der Waals surface area (Å²) in [6.45, 7) is 0. The Morgan fingerprint density at radius 2 is 0.942 bits per heavy atom. The van der Waals surface area contributed by atoms with Crippen molar-refractivity contribution in [1.82, 2.24) is 4.57 Å². The van der Waals surface area contributed by atoms with E-state index in [1.807, 2.05) is 0 Å². The molecule has 0 aliphatic carbocycles.